The molecule has 0 saturated heterocycles. The Labute approximate surface area is 128 Å². The van der Waals surface area contributed by atoms with E-state index in [1.807, 2.05) is 18.2 Å². The van der Waals surface area contributed by atoms with Gasteiger partial charge in [-0.25, -0.2) is 4.79 Å². The number of hydrogen-bond acceptors (Lipinski definition) is 4. The van der Waals surface area contributed by atoms with Gasteiger partial charge in [0.25, 0.3) is 0 Å². The molecule has 1 aliphatic rings. The van der Waals surface area contributed by atoms with Crippen molar-refractivity contribution in [2.45, 2.75) is 19.3 Å². The first-order chi connectivity index (χ1) is 10.7. The van der Waals surface area contributed by atoms with Crippen molar-refractivity contribution in [1.29, 1.82) is 5.26 Å². The van der Waals surface area contributed by atoms with Gasteiger partial charge in [0.2, 0.25) is 0 Å². The minimum Gasteiger partial charge on any atom is -0.482 e. The Kier molecular flexibility index (Phi) is 4.06. The molecule has 0 radical (unpaired) electrons. The highest BCUT2D eigenvalue weighted by Crippen LogP contribution is 2.26. The zero-order valence-corrected chi connectivity index (χ0v) is 12.0. The molecule has 4 heteroatoms. The number of nitrogens with zero attached hydrogens (tertiary/aromatic N) is 1. The number of fused-ring (bicyclic) bond motifs is 1. The smallest absolute Gasteiger partial charge is 0.349 e. The molecule has 0 unspecified atom stereocenters. The van der Waals surface area contributed by atoms with Gasteiger partial charge in [-0.15, -0.1) is 0 Å². The first-order valence-electron chi connectivity index (χ1n) is 7.20. The fourth-order valence-electron chi connectivity index (χ4n) is 2.57. The molecule has 0 spiro atoms. The van der Waals surface area contributed by atoms with Crippen LogP contribution in [-0.2, 0) is 17.6 Å². The highest BCUT2D eigenvalue weighted by molar-refractivity contribution is 5.74. The predicted molar refractivity (Wildman–Crippen MR) is 80.8 cm³/mol. The lowest BCUT2D eigenvalue weighted by Crippen LogP contribution is -2.17. The lowest BCUT2D eigenvalue weighted by molar-refractivity contribution is -0.136. The van der Waals surface area contributed by atoms with Gasteiger partial charge >= 0.3 is 5.97 Å². The SMILES string of the molecule is N#Cc1cccc(OC(=O)COc2ccc3c(c2)CCC3)c1. The summed E-state index contributed by atoms with van der Waals surface area (Å²) in [5.74, 6) is 0.542. The molecular weight excluding hydrogens is 278 g/mol. The predicted octanol–water partition coefficient (Wildman–Crippen LogP) is 3.03. The minimum absolute atomic E-state index is 0.157. The molecule has 3 rings (SSSR count). The monoisotopic (exact) mass is 293 g/mol. The Morgan fingerprint density at radius 2 is 1.95 bits per heavy atom. The topological polar surface area (TPSA) is 59.3 Å². The molecule has 0 saturated carbocycles. The lowest BCUT2D eigenvalue weighted by atomic mass is 10.1. The van der Waals surface area contributed by atoms with Gasteiger partial charge in [0.05, 0.1) is 11.6 Å². The van der Waals surface area contributed by atoms with Gasteiger partial charge < -0.3 is 9.47 Å². The van der Waals surface area contributed by atoms with Gasteiger partial charge in [0, 0.05) is 0 Å². The van der Waals surface area contributed by atoms with Crippen molar-refractivity contribution < 1.29 is 14.3 Å². The van der Waals surface area contributed by atoms with Crippen molar-refractivity contribution in [3.05, 3.63) is 59.2 Å². The number of esters is 1. The van der Waals surface area contributed by atoms with Gasteiger partial charge in [-0.1, -0.05) is 12.1 Å². The van der Waals surface area contributed by atoms with E-state index in [1.165, 1.54) is 23.6 Å². The maximum absolute atomic E-state index is 11.8. The minimum atomic E-state index is -0.490. The molecule has 0 amide bonds. The van der Waals surface area contributed by atoms with E-state index in [0.29, 0.717) is 17.1 Å². The molecule has 1 aliphatic carbocycles. The van der Waals surface area contributed by atoms with Crippen LogP contribution in [-0.4, -0.2) is 12.6 Å². The van der Waals surface area contributed by atoms with Crippen LogP contribution in [0.25, 0.3) is 0 Å². The molecule has 22 heavy (non-hydrogen) atoms. The van der Waals surface area contributed by atoms with E-state index in [1.54, 1.807) is 18.2 Å². The van der Waals surface area contributed by atoms with Crippen LogP contribution in [0.2, 0.25) is 0 Å². The summed E-state index contributed by atoms with van der Waals surface area (Å²) in [4.78, 5) is 11.8. The number of aryl methyl sites for hydroxylation is 2. The molecular formula is C18H15NO3. The third-order valence-corrected chi connectivity index (χ3v) is 3.62. The van der Waals surface area contributed by atoms with E-state index in [9.17, 15) is 4.79 Å². The summed E-state index contributed by atoms with van der Waals surface area (Å²) in [6.07, 6.45) is 3.36. The van der Waals surface area contributed by atoms with Crippen molar-refractivity contribution in [3.63, 3.8) is 0 Å². The van der Waals surface area contributed by atoms with Gasteiger partial charge in [0.1, 0.15) is 11.5 Å². The quantitative estimate of drug-likeness (QED) is 0.642. The number of carbonyl (C=O) groups is 1. The average Bonchev–Trinajstić information content (AvgIpc) is 3.00. The number of benzene rings is 2. The largest absolute Gasteiger partial charge is 0.482 e. The van der Waals surface area contributed by atoms with Crippen LogP contribution < -0.4 is 9.47 Å². The summed E-state index contributed by atoms with van der Waals surface area (Å²) in [5, 5.41) is 8.81. The van der Waals surface area contributed by atoms with E-state index in [-0.39, 0.29) is 6.61 Å². The molecule has 2 aromatic rings. The number of ether oxygens (including phenoxy) is 2. The maximum atomic E-state index is 11.8. The third-order valence-electron chi connectivity index (χ3n) is 3.62. The molecule has 0 bridgehead atoms. The molecule has 0 heterocycles. The third kappa shape index (κ3) is 3.26. The highest BCUT2D eigenvalue weighted by Gasteiger charge is 2.12. The maximum Gasteiger partial charge on any atom is 0.349 e. The van der Waals surface area contributed by atoms with Crippen LogP contribution in [0.5, 0.6) is 11.5 Å². The number of rotatable bonds is 4. The van der Waals surface area contributed by atoms with E-state index >= 15 is 0 Å². The summed E-state index contributed by atoms with van der Waals surface area (Å²) < 4.78 is 10.6. The zero-order valence-electron chi connectivity index (χ0n) is 12.0. The van der Waals surface area contributed by atoms with Crippen molar-refractivity contribution in [1.82, 2.24) is 0 Å². The van der Waals surface area contributed by atoms with Crippen LogP contribution in [0, 0.1) is 11.3 Å². The highest BCUT2D eigenvalue weighted by atomic mass is 16.6. The lowest BCUT2D eigenvalue weighted by Gasteiger charge is -2.08. The van der Waals surface area contributed by atoms with Crippen LogP contribution in [0.4, 0.5) is 0 Å². The van der Waals surface area contributed by atoms with Crippen LogP contribution in [0.3, 0.4) is 0 Å². The van der Waals surface area contributed by atoms with Crippen molar-refractivity contribution in [2.24, 2.45) is 0 Å². The molecule has 4 nitrogen and oxygen atoms in total. The van der Waals surface area contributed by atoms with E-state index in [2.05, 4.69) is 6.07 Å². The Balaban J connectivity index is 1.57. The normalized spacial score (nSPS) is 12.3. The molecule has 110 valence electrons. The Morgan fingerprint density at radius 3 is 2.82 bits per heavy atom. The molecule has 0 aliphatic heterocycles. The van der Waals surface area contributed by atoms with Crippen LogP contribution in [0.15, 0.2) is 42.5 Å². The van der Waals surface area contributed by atoms with Gasteiger partial charge in [-0.05, 0) is 60.7 Å². The summed E-state index contributed by atoms with van der Waals surface area (Å²) in [5.41, 5.74) is 3.11. The molecule has 0 N–H and O–H groups in total. The second-order valence-corrected chi connectivity index (χ2v) is 5.19. The van der Waals surface area contributed by atoms with Crippen LogP contribution in [0.1, 0.15) is 23.1 Å². The fourth-order valence-corrected chi connectivity index (χ4v) is 2.57. The average molecular weight is 293 g/mol. The first-order valence-corrected chi connectivity index (χ1v) is 7.20. The Morgan fingerprint density at radius 1 is 1.09 bits per heavy atom. The van der Waals surface area contributed by atoms with Crippen molar-refractivity contribution in [2.75, 3.05) is 6.61 Å². The fraction of sp³-hybridized carbons (Fsp3) is 0.222. The Hall–Kier alpha value is -2.80. The summed E-state index contributed by atoms with van der Waals surface area (Å²) >= 11 is 0. The first kappa shape index (κ1) is 14.2. The number of carbonyl (C=O) groups excluding carboxylic acids is 1. The number of hydrogen-bond donors (Lipinski definition) is 0. The molecule has 0 atom stereocenters. The standard InChI is InChI=1S/C18H15NO3/c19-11-13-3-1-6-17(9-13)22-18(20)12-21-16-8-7-14-4-2-5-15(14)10-16/h1,3,6-10H,2,4-5,12H2. The van der Waals surface area contributed by atoms with Gasteiger partial charge in [-0.2, -0.15) is 5.26 Å². The molecule has 0 aromatic heterocycles. The zero-order chi connectivity index (χ0) is 15.4. The molecule has 2 aromatic carbocycles. The van der Waals surface area contributed by atoms with Crippen molar-refractivity contribution in [3.8, 4) is 17.6 Å². The van der Waals surface area contributed by atoms with Crippen molar-refractivity contribution >= 4 is 5.97 Å². The van der Waals surface area contributed by atoms with E-state index in [4.69, 9.17) is 14.7 Å². The summed E-state index contributed by atoms with van der Waals surface area (Å²) in [6, 6.07) is 14.4. The van der Waals surface area contributed by atoms with E-state index < -0.39 is 5.97 Å². The second kappa shape index (κ2) is 6.31. The summed E-state index contributed by atoms with van der Waals surface area (Å²) in [6.45, 7) is -0.157. The van der Waals surface area contributed by atoms with E-state index in [0.717, 1.165) is 12.8 Å². The second-order valence-electron chi connectivity index (χ2n) is 5.19. The molecule has 0 fully saturated rings. The van der Waals surface area contributed by atoms with Gasteiger partial charge in [0.15, 0.2) is 6.61 Å². The van der Waals surface area contributed by atoms with Crippen LogP contribution >= 0.6 is 0 Å². The summed E-state index contributed by atoms with van der Waals surface area (Å²) in [7, 11) is 0. The number of nitriles is 1. The van der Waals surface area contributed by atoms with Gasteiger partial charge in [-0.3, -0.25) is 0 Å². The Bertz CT molecular complexity index is 746.